The van der Waals surface area contributed by atoms with Crippen LogP contribution in [0.5, 0.6) is 5.75 Å². The van der Waals surface area contributed by atoms with Crippen molar-refractivity contribution in [2.45, 2.75) is 33.2 Å². The Bertz CT molecular complexity index is 513. The maximum atomic E-state index is 12.1. The average molecular weight is 334 g/mol. The minimum absolute atomic E-state index is 0.0605. The number of nitrogens with zero attached hydrogens (tertiary/aromatic N) is 1. The molecule has 1 N–H and O–H groups in total. The van der Waals surface area contributed by atoms with Crippen molar-refractivity contribution in [3.05, 3.63) is 29.8 Å². The molecule has 0 aliphatic carbocycles. The van der Waals surface area contributed by atoms with Gasteiger partial charge in [-0.15, -0.1) is 0 Å². The predicted molar refractivity (Wildman–Crippen MR) is 95.3 cm³/mol. The quantitative estimate of drug-likeness (QED) is 0.791. The van der Waals surface area contributed by atoms with Gasteiger partial charge in [0.25, 0.3) is 5.91 Å². The minimum Gasteiger partial charge on any atom is -0.483 e. The van der Waals surface area contributed by atoms with Gasteiger partial charge >= 0.3 is 0 Å². The van der Waals surface area contributed by atoms with Gasteiger partial charge in [-0.3, -0.25) is 9.69 Å². The van der Waals surface area contributed by atoms with Gasteiger partial charge in [0.1, 0.15) is 5.75 Å². The van der Waals surface area contributed by atoms with Gasteiger partial charge in [-0.2, -0.15) is 0 Å². The fourth-order valence-corrected chi connectivity index (χ4v) is 3.05. The maximum absolute atomic E-state index is 12.1. The van der Waals surface area contributed by atoms with Crippen LogP contribution in [0, 0.1) is 5.92 Å². The van der Waals surface area contributed by atoms with Gasteiger partial charge in [0.2, 0.25) is 0 Å². The first kappa shape index (κ1) is 18.7. The van der Waals surface area contributed by atoms with Crippen LogP contribution in [0.2, 0.25) is 0 Å². The lowest BCUT2D eigenvalue weighted by atomic mass is 10.0. The molecule has 1 aliphatic heterocycles. The molecule has 1 saturated heterocycles. The second-order valence-electron chi connectivity index (χ2n) is 6.51. The second-order valence-corrected chi connectivity index (χ2v) is 6.51. The van der Waals surface area contributed by atoms with Gasteiger partial charge in [0.05, 0.1) is 13.2 Å². The number of benzene rings is 1. The summed E-state index contributed by atoms with van der Waals surface area (Å²) in [7, 11) is 0. The van der Waals surface area contributed by atoms with Crippen LogP contribution in [-0.2, 0) is 16.0 Å². The standard InChI is InChI=1S/C19H30N2O3/c1-4-16-7-5-6-8-18(16)24-14-19(22)20-13-17(15(2)3)21-9-11-23-12-10-21/h5-8,15,17H,4,9-14H2,1-3H3,(H,20,22)/t17-/m1/s1. The van der Waals surface area contributed by atoms with Gasteiger partial charge in [0, 0.05) is 25.7 Å². The molecule has 1 fully saturated rings. The Morgan fingerprint density at radius 1 is 1.29 bits per heavy atom. The minimum atomic E-state index is -0.0696. The number of carbonyl (C=O) groups excluding carboxylic acids is 1. The van der Waals surface area contributed by atoms with E-state index in [1.165, 1.54) is 0 Å². The third kappa shape index (κ3) is 5.49. The highest BCUT2D eigenvalue weighted by atomic mass is 16.5. The molecule has 134 valence electrons. The molecule has 1 heterocycles. The van der Waals surface area contributed by atoms with E-state index >= 15 is 0 Å². The average Bonchev–Trinajstić information content (AvgIpc) is 2.61. The molecule has 1 aromatic carbocycles. The summed E-state index contributed by atoms with van der Waals surface area (Å²) >= 11 is 0. The monoisotopic (exact) mass is 334 g/mol. The Balaban J connectivity index is 1.80. The molecule has 0 aromatic heterocycles. The number of rotatable bonds is 8. The zero-order chi connectivity index (χ0) is 17.4. The Kier molecular flexibility index (Phi) is 7.53. The molecular formula is C19H30N2O3. The van der Waals surface area contributed by atoms with Crippen molar-refractivity contribution in [3.8, 4) is 5.75 Å². The number of amides is 1. The predicted octanol–water partition coefficient (Wildman–Crippen LogP) is 2.10. The normalized spacial score (nSPS) is 16.8. The van der Waals surface area contributed by atoms with Gasteiger partial charge in [-0.05, 0) is 24.0 Å². The van der Waals surface area contributed by atoms with E-state index in [1.54, 1.807) is 0 Å². The Hall–Kier alpha value is -1.59. The Morgan fingerprint density at radius 2 is 2.00 bits per heavy atom. The van der Waals surface area contributed by atoms with E-state index in [2.05, 4.69) is 31.0 Å². The SMILES string of the molecule is CCc1ccccc1OCC(=O)NC[C@H](C(C)C)N1CCOCC1. The van der Waals surface area contributed by atoms with Crippen molar-refractivity contribution in [1.82, 2.24) is 10.2 Å². The van der Waals surface area contributed by atoms with E-state index in [1.807, 2.05) is 24.3 Å². The number of hydrogen-bond donors (Lipinski definition) is 1. The topological polar surface area (TPSA) is 50.8 Å². The van der Waals surface area contributed by atoms with Crippen molar-refractivity contribution < 1.29 is 14.3 Å². The third-order valence-electron chi connectivity index (χ3n) is 4.50. The highest BCUT2D eigenvalue weighted by molar-refractivity contribution is 5.77. The molecule has 1 aromatic rings. The first-order valence-corrected chi connectivity index (χ1v) is 8.91. The van der Waals surface area contributed by atoms with Gasteiger partial charge in [0.15, 0.2) is 6.61 Å². The smallest absolute Gasteiger partial charge is 0.257 e. The molecule has 0 unspecified atom stereocenters. The first-order chi connectivity index (χ1) is 11.6. The van der Waals surface area contributed by atoms with Gasteiger partial charge in [-0.1, -0.05) is 39.0 Å². The molecule has 1 atom stereocenters. The highest BCUT2D eigenvalue weighted by Gasteiger charge is 2.24. The molecule has 2 rings (SSSR count). The van der Waals surface area contributed by atoms with E-state index in [-0.39, 0.29) is 12.5 Å². The highest BCUT2D eigenvalue weighted by Crippen LogP contribution is 2.18. The van der Waals surface area contributed by atoms with Crippen LogP contribution in [-0.4, -0.2) is 56.3 Å². The van der Waals surface area contributed by atoms with E-state index in [9.17, 15) is 4.79 Å². The van der Waals surface area contributed by atoms with E-state index in [0.717, 1.165) is 44.0 Å². The van der Waals surface area contributed by atoms with Crippen LogP contribution >= 0.6 is 0 Å². The number of hydrogen-bond acceptors (Lipinski definition) is 4. The first-order valence-electron chi connectivity index (χ1n) is 8.91. The van der Waals surface area contributed by atoms with Crippen LogP contribution in [0.4, 0.5) is 0 Å². The zero-order valence-electron chi connectivity index (χ0n) is 15.1. The van der Waals surface area contributed by atoms with Crippen molar-refractivity contribution in [2.24, 2.45) is 5.92 Å². The van der Waals surface area contributed by atoms with Crippen molar-refractivity contribution in [2.75, 3.05) is 39.5 Å². The Morgan fingerprint density at radius 3 is 2.67 bits per heavy atom. The third-order valence-corrected chi connectivity index (χ3v) is 4.50. The molecule has 0 saturated carbocycles. The lowest BCUT2D eigenvalue weighted by Gasteiger charge is -2.36. The second kappa shape index (κ2) is 9.64. The Labute approximate surface area is 145 Å². The summed E-state index contributed by atoms with van der Waals surface area (Å²) in [6.45, 7) is 10.6. The molecule has 24 heavy (non-hydrogen) atoms. The van der Waals surface area contributed by atoms with E-state index < -0.39 is 0 Å². The molecule has 1 aliphatic rings. The van der Waals surface area contributed by atoms with Crippen molar-refractivity contribution in [1.29, 1.82) is 0 Å². The largest absolute Gasteiger partial charge is 0.483 e. The molecule has 0 radical (unpaired) electrons. The van der Waals surface area contributed by atoms with Crippen LogP contribution in [0.1, 0.15) is 26.3 Å². The summed E-state index contributed by atoms with van der Waals surface area (Å²) in [5.74, 6) is 1.20. The van der Waals surface area contributed by atoms with Crippen LogP contribution in [0.15, 0.2) is 24.3 Å². The summed E-state index contributed by atoms with van der Waals surface area (Å²) in [6, 6.07) is 8.19. The van der Waals surface area contributed by atoms with Crippen LogP contribution in [0.3, 0.4) is 0 Å². The molecule has 1 amide bonds. The van der Waals surface area contributed by atoms with Crippen molar-refractivity contribution in [3.63, 3.8) is 0 Å². The lowest BCUT2D eigenvalue weighted by molar-refractivity contribution is -0.123. The molecular weight excluding hydrogens is 304 g/mol. The molecule has 5 nitrogen and oxygen atoms in total. The zero-order valence-corrected chi connectivity index (χ0v) is 15.1. The number of carbonyl (C=O) groups is 1. The number of nitrogens with one attached hydrogen (secondary N) is 1. The molecule has 0 spiro atoms. The van der Waals surface area contributed by atoms with Crippen LogP contribution in [0.25, 0.3) is 0 Å². The van der Waals surface area contributed by atoms with Gasteiger partial charge in [-0.25, -0.2) is 0 Å². The summed E-state index contributed by atoms with van der Waals surface area (Å²) < 4.78 is 11.1. The van der Waals surface area contributed by atoms with Crippen molar-refractivity contribution >= 4 is 5.91 Å². The fraction of sp³-hybridized carbons (Fsp3) is 0.632. The summed E-state index contributed by atoms with van der Waals surface area (Å²) in [4.78, 5) is 14.6. The fourth-order valence-electron chi connectivity index (χ4n) is 3.05. The van der Waals surface area contributed by atoms with Gasteiger partial charge < -0.3 is 14.8 Å². The summed E-state index contributed by atoms with van der Waals surface area (Å²) in [6.07, 6.45) is 0.893. The summed E-state index contributed by atoms with van der Waals surface area (Å²) in [5.41, 5.74) is 1.12. The number of aryl methyl sites for hydroxylation is 1. The summed E-state index contributed by atoms with van der Waals surface area (Å²) in [5, 5.41) is 3.02. The maximum Gasteiger partial charge on any atom is 0.257 e. The van der Waals surface area contributed by atoms with E-state index in [4.69, 9.17) is 9.47 Å². The lowest BCUT2D eigenvalue weighted by Crippen LogP contribution is -2.51. The number of ether oxygens (including phenoxy) is 2. The van der Waals surface area contributed by atoms with Crippen LogP contribution < -0.4 is 10.1 Å². The number of para-hydroxylation sites is 1. The van der Waals surface area contributed by atoms with E-state index in [0.29, 0.717) is 18.5 Å². The molecule has 0 bridgehead atoms. The number of morpholine rings is 1. The molecule has 5 heteroatoms.